The molecule has 1 heteroatoms. The summed E-state index contributed by atoms with van der Waals surface area (Å²) in [6.45, 7) is 6.17. The Kier molecular flexibility index (Phi) is 5.54. The van der Waals surface area contributed by atoms with Crippen molar-refractivity contribution in [1.29, 1.82) is 0 Å². The lowest BCUT2D eigenvalue weighted by atomic mass is 10.1. The molecular formula is C13H19N. The summed E-state index contributed by atoms with van der Waals surface area (Å²) in [5, 5.41) is 0. The maximum absolute atomic E-state index is 4.31. The Morgan fingerprint density at radius 1 is 1.36 bits per heavy atom. The lowest BCUT2D eigenvalue weighted by molar-refractivity contribution is 1.27. The molecule has 0 N–H and O–H groups in total. The van der Waals surface area contributed by atoms with Gasteiger partial charge in [-0.15, -0.1) is 0 Å². The number of allylic oxidation sites excluding steroid dienone is 2. The van der Waals surface area contributed by atoms with Crippen LogP contribution in [-0.2, 0) is 0 Å². The van der Waals surface area contributed by atoms with Crippen LogP contribution in [0.15, 0.2) is 30.0 Å². The minimum absolute atomic E-state index is 0. The van der Waals surface area contributed by atoms with E-state index in [0.717, 1.165) is 5.69 Å². The highest BCUT2D eigenvalue weighted by molar-refractivity contribution is 5.62. The predicted octanol–water partition coefficient (Wildman–Crippen LogP) is 4.17. The lowest BCUT2D eigenvalue weighted by Crippen LogP contribution is -1.85. The molecule has 0 amide bonds. The van der Waals surface area contributed by atoms with Gasteiger partial charge in [0, 0.05) is 6.20 Å². The molecule has 1 heterocycles. The van der Waals surface area contributed by atoms with Gasteiger partial charge in [0.25, 0.3) is 0 Å². The van der Waals surface area contributed by atoms with Crippen molar-refractivity contribution in [2.24, 2.45) is 0 Å². The number of nitrogens with zero attached hydrogens (tertiary/aromatic N) is 1. The van der Waals surface area contributed by atoms with Crippen LogP contribution >= 0.6 is 0 Å². The Hall–Kier alpha value is -1.37. The molecule has 0 aliphatic rings. The van der Waals surface area contributed by atoms with E-state index in [1.165, 1.54) is 11.1 Å². The van der Waals surface area contributed by atoms with Gasteiger partial charge in [0.1, 0.15) is 0 Å². The highest BCUT2D eigenvalue weighted by Gasteiger charge is 1.94. The average molecular weight is 189 g/mol. The average Bonchev–Trinajstić information content (AvgIpc) is 2.08. The molecule has 0 spiro atoms. The van der Waals surface area contributed by atoms with Crippen LogP contribution < -0.4 is 0 Å². The first-order chi connectivity index (χ1) is 6.24. The molecule has 1 rings (SSSR count). The molecule has 0 bridgehead atoms. The van der Waals surface area contributed by atoms with Crippen LogP contribution in [0.25, 0.3) is 12.2 Å². The molecule has 14 heavy (non-hydrogen) atoms. The van der Waals surface area contributed by atoms with Gasteiger partial charge in [-0.3, -0.25) is 4.98 Å². The van der Waals surface area contributed by atoms with Crippen molar-refractivity contribution in [3.05, 3.63) is 41.2 Å². The van der Waals surface area contributed by atoms with E-state index in [9.17, 15) is 0 Å². The van der Waals surface area contributed by atoms with Crippen molar-refractivity contribution in [3.63, 3.8) is 0 Å². The fourth-order valence-corrected chi connectivity index (χ4v) is 1.14. The number of hydrogen-bond donors (Lipinski definition) is 0. The summed E-state index contributed by atoms with van der Waals surface area (Å²) in [6.07, 6.45) is 8.01. The van der Waals surface area contributed by atoms with Crippen LogP contribution in [0.4, 0.5) is 0 Å². The molecule has 1 nitrogen and oxygen atoms in total. The first kappa shape index (κ1) is 12.6. The largest absolute Gasteiger partial charge is 0.256 e. The van der Waals surface area contributed by atoms with Gasteiger partial charge in [0.05, 0.1) is 5.69 Å². The first-order valence-electron chi connectivity index (χ1n) is 4.46. The third-order valence-electron chi connectivity index (χ3n) is 1.64. The van der Waals surface area contributed by atoms with Crippen molar-refractivity contribution < 1.29 is 0 Å². The maximum Gasteiger partial charge on any atom is 0.0701 e. The maximum atomic E-state index is 4.31. The van der Waals surface area contributed by atoms with E-state index in [-0.39, 0.29) is 7.43 Å². The Bertz CT molecular complexity index is 331. The summed E-state index contributed by atoms with van der Waals surface area (Å²) >= 11 is 0. The normalized spacial score (nSPS) is 9.64. The summed E-state index contributed by atoms with van der Waals surface area (Å²) in [7, 11) is 0. The molecule has 0 aliphatic carbocycles. The van der Waals surface area contributed by atoms with Gasteiger partial charge in [0.15, 0.2) is 0 Å². The molecule has 0 saturated heterocycles. The number of hydrogen-bond acceptors (Lipinski definition) is 1. The van der Waals surface area contributed by atoms with Gasteiger partial charge in [-0.2, -0.15) is 0 Å². The minimum Gasteiger partial charge on any atom is -0.256 e. The highest BCUT2D eigenvalue weighted by Crippen LogP contribution is 2.11. The van der Waals surface area contributed by atoms with Crippen LogP contribution in [0.1, 0.15) is 39.5 Å². The second-order valence-corrected chi connectivity index (χ2v) is 3.20. The highest BCUT2D eigenvalue weighted by atomic mass is 14.7. The molecule has 1 aromatic heterocycles. The van der Waals surface area contributed by atoms with Gasteiger partial charge in [-0.05, 0) is 38.5 Å². The van der Waals surface area contributed by atoms with Crippen molar-refractivity contribution >= 4 is 12.2 Å². The molecule has 0 atom stereocenters. The van der Waals surface area contributed by atoms with Gasteiger partial charge < -0.3 is 0 Å². The van der Waals surface area contributed by atoms with Crippen LogP contribution in [0.2, 0.25) is 0 Å². The van der Waals surface area contributed by atoms with E-state index < -0.39 is 0 Å². The van der Waals surface area contributed by atoms with E-state index in [1.807, 2.05) is 25.3 Å². The standard InChI is InChI=1S/C12H15N.CH4/c1-4-6-11-7-5-8-13-12(11)9-10(2)3;/h4-9H,1-3H3;1H4/b6-4-;. The van der Waals surface area contributed by atoms with Crippen molar-refractivity contribution in [3.8, 4) is 0 Å². The summed E-state index contributed by atoms with van der Waals surface area (Å²) in [5.41, 5.74) is 3.48. The third-order valence-corrected chi connectivity index (χ3v) is 1.64. The predicted molar refractivity (Wildman–Crippen MR) is 65.0 cm³/mol. The summed E-state index contributed by atoms with van der Waals surface area (Å²) in [5.74, 6) is 0. The Morgan fingerprint density at radius 2 is 2.07 bits per heavy atom. The van der Waals surface area contributed by atoms with Crippen LogP contribution in [0, 0.1) is 0 Å². The first-order valence-corrected chi connectivity index (χ1v) is 4.46. The number of pyridine rings is 1. The Balaban J connectivity index is 0.00000169. The molecular weight excluding hydrogens is 170 g/mol. The monoisotopic (exact) mass is 189 g/mol. The van der Waals surface area contributed by atoms with Crippen molar-refractivity contribution in [1.82, 2.24) is 4.98 Å². The third kappa shape index (κ3) is 3.56. The number of rotatable bonds is 2. The van der Waals surface area contributed by atoms with E-state index >= 15 is 0 Å². The van der Waals surface area contributed by atoms with Crippen LogP contribution in [0.3, 0.4) is 0 Å². The van der Waals surface area contributed by atoms with Gasteiger partial charge in [0.2, 0.25) is 0 Å². The second kappa shape index (κ2) is 6.14. The molecule has 0 aliphatic heterocycles. The minimum atomic E-state index is 0. The fraction of sp³-hybridized carbons (Fsp3) is 0.308. The zero-order valence-electron chi connectivity index (χ0n) is 8.41. The smallest absolute Gasteiger partial charge is 0.0701 e. The van der Waals surface area contributed by atoms with E-state index in [2.05, 4.69) is 37.0 Å². The molecule has 0 radical (unpaired) electrons. The van der Waals surface area contributed by atoms with Crippen molar-refractivity contribution in [2.45, 2.75) is 28.2 Å². The van der Waals surface area contributed by atoms with Crippen molar-refractivity contribution in [2.75, 3.05) is 0 Å². The summed E-state index contributed by atoms with van der Waals surface area (Å²) < 4.78 is 0. The molecule has 0 saturated carbocycles. The second-order valence-electron chi connectivity index (χ2n) is 3.20. The SMILES string of the molecule is C.C/C=C\c1cccnc1C=C(C)C. The van der Waals surface area contributed by atoms with Gasteiger partial charge in [-0.25, -0.2) is 0 Å². The number of aromatic nitrogens is 1. The molecule has 1 aromatic rings. The van der Waals surface area contributed by atoms with E-state index in [4.69, 9.17) is 0 Å². The zero-order chi connectivity index (χ0) is 9.68. The molecule has 76 valence electrons. The molecule has 0 aromatic carbocycles. The van der Waals surface area contributed by atoms with Gasteiger partial charge in [-0.1, -0.05) is 31.2 Å². The van der Waals surface area contributed by atoms with Crippen LogP contribution in [-0.4, -0.2) is 4.98 Å². The quantitative estimate of drug-likeness (QED) is 0.680. The summed E-state index contributed by atoms with van der Waals surface area (Å²) in [6, 6.07) is 4.03. The molecule has 0 unspecified atom stereocenters. The lowest BCUT2D eigenvalue weighted by Gasteiger charge is -1.99. The van der Waals surface area contributed by atoms with E-state index in [0.29, 0.717) is 0 Å². The fourth-order valence-electron chi connectivity index (χ4n) is 1.14. The van der Waals surface area contributed by atoms with E-state index in [1.54, 1.807) is 0 Å². The Morgan fingerprint density at radius 3 is 2.64 bits per heavy atom. The molecule has 0 fully saturated rings. The van der Waals surface area contributed by atoms with Gasteiger partial charge >= 0.3 is 0 Å². The zero-order valence-corrected chi connectivity index (χ0v) is 8.41. The topological polar surface area (TPSA) is 12.9 Å². The Labute approximate surface area is 87.2 Å². The summed E-state index contributed by atoms with van der Waals surface area (Å²) in [4.78, 5) is 4.31. The van der Waals surface area contributed by atoms with Crippen LogP contribution in [0.5, 0.6) is 0 Å².